The molecule has 2 aromatic carbocycles. The molecule has 5 rings (SSSR count). The molecule has 158 valence electrons. The number of amides is 1. The van der Waals surface area contributed by atoms with Crippen LogP contribution in [0.1, 0.15) is 0 Å². The summed E-state index contributed by atoms with van der Waals surface area (Å²) in [5, 5.41) is 12.7. The molecular weight excluding hydrogens is 404 g/mol. The van der Waals surface area contributed by atoms with Gasteiger partial charge in [0.25, 0.3) is 5.56 Å². The Kier molecular flexibility index (Phi) is 4.87. The first-order valence-corrected chi connectivity index (χ1v) is 10.1. The van der Waals surface area contributed by atoms with Crippen LogP contribution in [0.4, 0.5) is 17.1 Å². The first-order chi connectivity index (χ1) is 15.6. The lowest BCUT2D eigenvalue weighted by Crippen LogP contribution is -2.27. The largest absolute Gasteiger partial charge is 0.355 e. The fourth-order valence-electron chi connectivity index (χ4n) is 3.75. The Bertz CT molecular complexity index is 1500. The third-order valence-electron chi connectivity index (χ3n) is 5.31. The fraction of sp³-hybridized carbons (Fsp3) is 0.0833. The smallest absolute Gasteiger partial charge is 0.261 e. The van der Waals surface area contributed by atoms with Crippen LogP contribution in [0.3, 0.4) is 0 Å². The minimum absolute atomic E-state index is 0.0902. The van der Waals surface area contributed by atoms with Crippen LogP contribution in [0.5, 0.6) is 0 Å². The number of nitrogens with zero attached hydrogens (tertiary/aromatic N) is 4. The van der Waals surface area contributed by atoms with E-state index in [4.69, 9.17) is 0 Å². The summed E-state index contributed by atoms with van der Waals surface area (Å²) in [6.07, 6.45) is 6.64. The molecule has 0 unspecified atom stereocenters. The SMILES string of the molecule is Cn1ncc2cc(Nc3cccc4ccn(CC(=O)Nc5ccncc5)c(=O)c34)ccc21. The van der Waals surface area contributed by atoms with Gasteiger partial charge in [-0.15, -0.1) is 0 Å². The predicted octanol–water partition coefficient (Wildman–Crippen LogP) is 3.67. The zero-order chi connectivity index (χ0) is 22.1. The van der Waals surface area contributed by atoms with Gasteiger partial charge in [0.05, 0.1) is 22.8 Å². The lowest BCUT2D eigenvalue weighted by atomic mass is 10.1. The number of fused-ring (bicyclic) bond motifs is 2. The highest BCUT2D eigenvalue weighted by molar-refractivity contribution is 5.96. The molecular formula is C24H20N6O2. The fourth-order valence-corrected chi connectivity index (χ4v) is 3.75. The number of pyridine rings is 2. The Balaban J connectivity index is 1.47. The van der Waals surface area contributed by atoms with Gasteiger partial charge in [-0.05, 0) is 47.9 Å². The Hall–Kier alpha value is -4.46. The lowest BCUT2D eigenvalue weighted by molar-refractivity contribution is -0.116. The first-order valence-electron chi connectivity index (χ1n) is 10.1. The molecule has 0 saturated heterocycles. The van der Waals surface area contributed by atoms with Crippen molar-refractivity contribution in [3.8, 4) is 0 Å². The van der Waals surface area contributed by atoms with Gasteiger partial charge in [0.1, 0.15) is 6.54 Å². The van der Waals surface area contributed by atoms with Gasteiger partial charge in [0, 0.05) is 42.4 Å². The molecule has 3 heterocycles. The van der Waals surface area contributed by atoms with Crippen molar-refractivity contribution in [1.29, 1.82) is 0 Å². The number of benzene rings is 2. The van der Waals surface area contributed by atoms with Gasteiger partial charge in [-0.3, -0.25) is 19.3 Å². The highest BCUT2D eigenvalue weighted by Gasteiger charge is 2.11. The number of nitrogens with one attached hydrogen (secondary N) is 2. The van der Waals surface area contributed by atoms with Crippen LogP contribution >= 0.6 is 0 Å². The van der Waals surface area contributed by atoms with E-state index in [-0.39, 0.29) is 18.0 Å². The monoisotopic (exact) mass is 424 g/mol. The lowest BCUT2D eigenvalue weighted by Gasteiger charge is -2.12. The van der Waals surface area contributed by atoms with Gasteiger partial charge >= 0.3 is 0 Å². The second kappa shape index (κ2) is 7.99. The minimum atomic E-state index is -0.287. The minimum Gasteiger partial charge on any atom is -0.355 e. The molecule has 5 aromatic rings. The van der Waals surface area contributed by atoms with E-state index in [1.807, 2.05) is 54.2 Å². The molecule has 0 saturated carbocycles. The van der Waals surface area contributed by atoms with Gasteiger partial charge in [-0.1, -0.05) is 12.1 Å². The van der Waals surface area contributed by atoms with Crippen LogP contribution in [0.25, 0.3) is 21.7 Å². The van der Waals surface area contributed by atoms with Crippen LogP contribution in [0.15, 0.2) is 84.2 Å². The van der Waals surface area contributed by atoms with Crippen LogP contribution in [0, 0.1) is 0 Å². The maximum absolute atomic E-state index is 13.3. The van der Waals surface area contributed by atoms with E-state index < -0.39 is 0 Å². The standard InChI is InChI=1S/C24H20N6O2/c1-29-21-6-5-19(13-17(21)14-26-29)27-20-4-2-3-16-9-12-30(24(32)23(16)20)15-22(31)28-18-7-10-25-11-8-18/h2-14,27H,15H2,1H3,(H,25,28,31). The average molecular weight is 424 g/mol. The van der Waals surface area contributed by atoms with E-state index in [1.165, 1.54) is 4.57 Å². The van der Waals surface area contributed by atoms with E-state index >= 15 is 0 Å². The summed E-state index contributed by atoms with van der Waals surface area (Å²) in [5.41, 5.74) is 2.95. The zero-order valence-corrected chi connectivity index (χ0v) is 17.3. The summed E-state index contributed by atoms with van der Waals surface area (Å²) in [5.74, 6) is -0.287. The highest BCUT2D eigenvalue weighted by atomic mass is 16.2. The van der Waals surface area contributed by atoms with E-state index in [0.29, 0.717) is 16.8 Å². The van der Waals surface area contributed by atoms with E-state index in [2.05, 4.69) is 20.7 Å². The van der Waals surface area contributed by atoms with Crippen molar-refractivity contribution in [3.63, 3.8) is 0 Å². The maximum atomic E-state index is 13.3. The Morgan fingerprint density at radius 3 is 2.69 bits per heavy atom. The normalized spacial score (nSPS) is 11.0. The van der Waals surface area contributed by atoms with Crippen molar-refractivity contribution >= 4 is 44.6 Å². The van der Waals surface area contributed by atoms with E-state index in [1.54, 1.807) is 36.9 Å². The van der Waals surface area contributed by atoms with Crippen LogP contribution in [-0.4, -0.2) is 25.2 Å². The number of carbonyl (C=O) groups is 1. The summed E-state index contributed by atoms with van der Waals surface area (Å²) in [6, 6.07) is 16.8. The Morgan fingerprint density at radius 2 is 1.84 bits per heavy atom. The summed E-state index contributed by atoms with van der Waals surface area (Å²) >= 11 is 0. The highest BCUT2D eigenvalue weighted by Crippen LogP contribution is 2.26. The molecule has 0 fully saturated rings. The maximum Gasteiger partial charge on any atom is 0.261 e. The number of hydrogen-bond donors (Lipinski definition) is 2. The Labute approximate surface area is 183 Å². The van der Waals surface area contributed by atoms with Gasteiger partial charge in [0.2, 0.25) is 5.91 Å². The summed E-state index contributed by atoms with van der Waals surface area (Å²) < 4.78 is 3.22. The summed E-state index contributed by atoms with van der Waals surface area (Å²) in [7, 11) is 1.90. The molecule has 0 atom stereocenters. The first kappa shape index (κ1) is 19.5. The molecule has 32 heavy (non-hydrogen) atoms. The third-order valence-corrected chi connectivity index (χ3v) is 5.31. The van der Waals surface area contributed by atoms with Crippen LogP contribution < -0.4 is 16.2 Å². The van der Waals surface area contributed by atoms with Crippen molar-refractivity contribution in [2.45, 2.75) is 6.54 Å². The molecule has 0 spiro atoms. The van der Waals surface area contributed by atoms with E-state index in [0.717, 1.165) is 22.0 Å². The summed E-state index contributed by atoms with van der Waals surface area (Å²) in [4.78, 5) is 29.6. The number of rotatable bonds is 5. The molecule has 0 bridgehead atoms. The van der Waals surface area contributed by atoms with Gasteiger partial charge in [0.15, 0.2) is 0 Å². The predicted molar refractivity (Wildman–Crippen MR) is 125 cm³/mol. The van der Waals surface area contributed by atoms with Crippen molar-refractivity contribution in [2.24, 2.45) is 7.05 Å². The number of anilines is 3. The number of hydrogen-bond acceptors (Lipinski definition) is 5. The van der Waals surface area contributed by atoms with Crippen molar-refractivity contribution in [3.05, 3.63) is 89.7 Å². The summed E-state index contributed by atoms with van der Waals surface area (Å²) in [6.45, 7) is -0.0902. The van der Waals surface area contributed by atoms with Gasteiger partial charge < -0.3 is 15.2 Å². The Morgan fingerprint density at radius 1 is 1.00 bits per heavy atom. The second-order valence-electron chi connectivity index (χ2n) is 7.47. The third kappa shape index (κ3) is 3.69. The average Bonchev–Trinajstić information content (AvgIpc) is 3.16. The molecule has 1 amide bonds. The molecule has 8 nitrogen and oxygen atoms in total. The molecule has 8 heteroatoms. The van der Waals surface area contributed by atoms with Crippen LogP contribution in [0.2, 0.25) is 0 Å². The number of carbonyl (C=O) groups excluding carboxylic acids is 1. The van der Waals surface area contributed by atoms with Gasteiger partial charge in [-0.2, -0.15) is 5.10 Å². The van der Waals surface area contributed by atoms with E-state index in [9.17, 15) is 9.59 Å². The van der Waals surface area contributed by atoms with Crippen molar-refractivity contribution in [2.75, 3.05) is 10.6 Å². The molecule has 0 aliphatic rings. The second-order valence-corrected chi connectivity index (χ2v) is 7.47. The quantitative estimate of drug-likeness (QED) is 0.449. The van der Waals surface area contributed by atoms with Crippen molar-refractivity contribution < 1.29 is 4.79 Å². The topological polar surface area (TPSA) is 93.8 Å². The molecule has 3 aromatic heterocycles. The molecule has 0 aliphatic heterocycles. The molecule has 2 N–H and O–H groups in total. The molecule has 0 aliphatic carbocycles. The van der Waals surface area contributed by atoms with Crippen molar-refractivity contribution in [1.82, 2.24) is 19.3 Å². The zero-order valence-electron chi connectivity index (χ0n) is 17.3. The number of aromatic nitrogens is 4. The van der Waals surface area contributed by atoms with Gasteiger partial charge in [-0.25, -0.2) is 0 Å². The number of aryl methyl sites for hydroxylation is 1. The molecule has 0 radical (unpaired) electrons. The van der Waals surface area contributed by atoms with Crippen LogP contribution in [-0.2, 0) is 18.4 Å².